The van der Waals surface area contributed by atoms with Crippen molar-refractivity contribution in [2.24, 2.45) is 5.92 Å². The SMILES string of the molecule is CCCNC(CSCC(C)C)c1cncc(F)c1. The molecule has 0 spiro atoms. The van der Waals surface area contributed by atoms with Gasteiger partial charge in [0, 0.05) is 18.0 Å². The van der Waals surface area contributed by atoms with E-state index in [2.05, 4.69) is 31.1 Å². The predicted molar refractivity (Wildman–Crippen MR) is 77.4 cm³/mol. The van der Waals surface area contributed by atoms with Gasteiger partial charge in [-0.25, -0.2) is 4.39 Å². The highest BCUT2D eigenvalue weighted by atomic mass is 32.2. The van der Waals surface area contributed by atoms with Crippen molar-refractivity contribution in [1.29, 1.82) is 0 Å². The van der Waals surface area contributed by atoms with Crippen LogP contribution in [0.1, 0.15) is 38.8 Å². The molecule has 1 rings (SSSR count). The number of nitrogens with one attached hydrogen (secondary N) is 1. The minimum Gasteiger partial charge on any atom is -0.309 e. The van der Waals surface area contributed by atoms with Crippen LogP contribution in [-0.2, 0) is 0 Å². The second-order valence-electron chi connectivity index (χ2n) is 4.87. The van der Waals surface area contributed by atoms with E-state index in [0.717, 1.165) is 30.0 Å². The second-order valence-corrected chi connectivity index (χ2v) is 5.95. The summed E-state index contributed by atoms with van der Waals surface area (Å²) in [5.74, 6) is 2.52. The van der Waals surface area contributed by atoms with Gasteiger partial charge in [0.15, 0.2) is 0 Å². The Morgan fingerprint density at radius 2 is 2.11 bits per heavy atom. The van der Waals surface area contributed by atoms with Gasteiger partial charge in [-0.2, -0.15) is 11.8 Å². The lowest BCUT2D eigenvalue weighted by atomic mass is 10.1. The average molecular weight is 270 g/mol. The van der Waals surface area contributed by atoms with Crippen molar-refractivity contribution in [2.75, 3.05) is 18.1 Å². The first-order chi connectivity index (χ1) is 8.63. The van der Waals surface area contributed by atoms with Crippen LogP contribution in [-0.4, -0.2) is 23.0 Å². The summed E-state index contributed by atoms with van der Waals surface area (Å²) >= 11 is 1.91. The fourth-order valence-electron chi connectivity index (χ4n) is 1.63. The molecule has 102 valence electrons. The van der Waals surface area contributed by atoms with Crippen LogP contribution in [0.15, 0.2) is 18.5 Å². The van der Waals surface area contributed by atoms with Gasteiger partial charge in [0.1, 0.15) is 5.82 Å². The molecule has 0 aromatic carbocycles. The Morgan fingerprint density at radius 1 is 1.33 bits per heavy atom. The van der Waals surface area contributed by atoms with Crippen LogP contribution in [0.2, 0.25) is 0 Å². The number of thioether (sulfide) groups is 1. The molecule has 1 unspecified atom stereocenters. The molecule has 4 heteroatoms. The first-order valence-corrected chi connectivity index (χ1v) is 7.70. The van der Waals surface area contributed by atoms with E-state index in [0.29, 0.717) is 5.92 Å². The highest BCUT2D eigenvalue weighted by molar-refractivity contribution is 7.99. The normalized spacial score (nSPS) is 12.9. The van der Waals surface area contributed by atoms with Gasteiger partial charge in [0.2, 0.25) is 0 Å². The number of hydrogen-bond acceptors (Lipinski definition) is 3. The molecule has 0 aliphatic heterocycles. The van der Waals surface area contributed by atoms with Crippen molar-refractivity contribution in [1.82, 2.24) is 10.3 Å². The Hall–Kier alpha value is -0.610. The lowest BCUT2D eigenvalue weighted by Crippen LogP contribution is -2.24. The van der Waals surface area contributed by atoms with Crippen molar-refractivity contribution in [2.45, 2.75) is 33.2 Å². The van der Waals surface area contributed by atoms with Crippen LogP contribution >= 0.6 is 11.8 Å². The summed E-state index contributed by atoms with van der Waals surface area (Å²) in [6, 6.07) is 1.77. The fourth-order valence-corrected chi connectivity index (χ4v) is 2.79. The van der Waals surface area contributed by atoms with E-state index in [4.69, 9.17) is 0 Å². The maximum atomic E-state index is 13.2. The van der Waals surface area contributed by atoms with Crippen LogP contribution in [0.25, 0.3) is 0 Å². The molecule has 0 aliphatic rings. The lowest BCUT2D eigenvalue weighted by molar-refractivity contribution is 0.563. The third-order valence-corrected chi connectivity index (χ3v) is 3.98. The highest BCUT2D eigenvalue weighted by Crippen LogP contribution is 2.20. The van der Waals surface area contributed by atoms with Crippen molar-refractivity contribution >= 4 is 11.8 Å². The molecule has 0 bridgehead atoms. The van der Waals surface area contributed by atoms with Gasteiger partial charge in [-0.15, -0.1) is 0 Å². The molecule has 2 nitrogen and oxygen atoms in total. The Kier molecular flexibility index (Phi) is 7.28. The lowest BCUT2D eigenvalue weighted by Gasteiger charge is -2.19. The number of halogens is 1. The predicted octanol–water partition coefficient (Wildman–Crippen LogP) is 3.65. The maximum Gasteiger partial charge on any atom is 0.141 e. The molecule has 0 radical (unpaired) electrons. The molecule has 1 atom stereocenters. The van der Waals surface area contributed by atoms with Crippen LogP contribution in [0.3, 0.4) is 0 Å². The molecule has 1 heterocycles. The summed E-state index contributed by atoms with van der Waals surface area (Å²) in [6.45, 7) is 7.51. The summed E-state index contributed by atoms with van der Waals surface area (Å²) in [5, 5.41) is 3.46. The van der Waals surface area contributed by atoms with E-state index in [9.17, 15) is 4.39 Å². The molecule has 18 heavy (non-hydrogen) atoms. The number of nitrogens with zero attached hydrogens (tertiary/aromatic N) is 1. The van der Waals surface area contributed by atoms with Crippen molar-refractivity contribution < 1.29 is 4.39 Å². The monoisotopic (exact) mass is 270 g/mol. The molecular weight excluding hydrogens is 247 g/mol. The molecule has 1 aromatic rings. The van der Waals surface area contributed by atoms with Gasteiger partial charge in [0.05, 0.1) is 6.20 Å². The first-order valence-electron chi connectivity index (χ1n) is 6.55. The minimum atomic E-state index is -0.260. The van der Waals surface area contributed by atoms with Gasteiger partial charge in [-0.1, -0.05) is 20.8 Å². The molecule has 0 saturated carbocycles. The fraction of sp³-hybridized carbons (Fsp3) is 0.643. The van der Waals surface area contributed by atoms with Crippen molar-refractivity contribution in [3.8, 4) is 0 Å². The summed E-state index contributed by atoms with van der Waals surface area (Å²) in [4.78, 5) is 3.93. The second kappa shape index (κ2) is 8.48. The molecule has 0 fully saturated rings. The summed E-state index contributed by atoms with van der Waals surface area (Å²) in [6.07, 6.45) is 4.09. The quantitative estimate of drug-likeness (QED) is 0.780. The van der Waals surface area contributed by atoms with Crippen molar-refractivity contribution in [3.05, 3.63) is 29.8 Å². The zero-order chi connectivity index (χ0) is 13.4. The first kappa shape index (κ1) is 15.4. The minimum absolute atomic E-state index is 0.192. The molecule has 0 aliphatic carbocycles. The van der Waals surface area contributed by atoms with Gasteiger partial charge in [0.25, 0.3) is 0 Å². The summed E-state index contributed by atoms with van der Waals surface area (Å²) in [5.41, 5.74) is 0.944. The van der Waals surface area contributed by atoms with E-state index < -0.39 is 0 Å². The third-order valence-electron chi connectivity index (χ3n) is 2.50. The number of rotatable bonds is 8. The molecule has 0 saturated heterocycles. The topological polar surface area (TPSA) is 24.9 Å². The van der Waals surface area contributed by atoms with Crippen LogP contribution in [0, 0.1) is 11.7 Å². The number of aromatic nitrogens is 1. The van der Waals surface area contributed by atoms with Gasteiger partial charge >= 0.3 is 0 Å². The maximum absolute atomic E-state index is 13.2. The summed E-state index contributed by atoms with van der Waals surface area (Å²) in [7, 11) is 0. The third kappa shape index (κ3) is 5.83. The molecule has 0 amide bonds. The standard InChI is InChI=1S/C14H23FN2S/c1-4-5-17-14(10-18-9-11(2)3)12-6-13(15)8-16-7-12/h6-8,11,14,17H,4-5,9-10H2,1-3H3. The van der Waals surface area contributed by atoms with E-state index in [1.807, 2.05) is 11.8 Å². The van der Waals surface area contributed by atoms with E-state index >= 15 is 0 Å². The number of pyridine rings is 1. The summed E-state index contributed by atoms with van der Waals surface area (Å²) < 4.78 is 13.2. The zero-order valence-electron chi connectivity index (χ0n) is 11.4. The molecular formula is C14H23FN2S. The molecule has 1 N–H and O–H groups in total. The van der Waals surface area contributed by atoms with Gasteiger partial charge in [-0.3, -0.25) is 4.98 Å². The Balaban J connectivity index is 2.59. The van der Waals surface area contributed by atoms with Crippen LogP contribution in [0.4, 0.5) is 4.39 Å². The Bertz CT molecular complexity index is 344. The largest absolute Gasteiger partial charge is 0.309 e. The smallest absolute Gasteiger partial charge is 0.141 e. The van der Waals surface area contributed by atoms with Gasteiger partial charge < -0.3 is 5.32 Å². The zero-order valence-corrected chi connectivity index (χ0v) is 12.3. The van der Waals surface area contributed by atoms with Crippen LogP contribution < -0.4 is 5.32 Å². The van der Waals surface area contributed by atoms with E-state index in [1.54, 1.807) is 12.3 Å². The average Bonchev–Trinajstić information content (AvgIpc) is 2.33. The van der Waals surface area contributed by atoms with Crippen molar-refractivity contribution in [3.63, 3.8) is 0 Å². The molecule has 1 aromatic heterocycles. The van der Waals surface area contributed by atoms with Crippen LogP contribution in [0.5, 0.6) is 0 Å². The van der Waals surface area contributed by atoms with E-state index in [-0.39, 0.29) is 11.9 Å². The van der Waals surface area contributed by atoms with Gasteiger partial charge in [-0.05, 0) is 36.3 Å². The van der Waals surface area contributed by atoms with E-state index in [1.165, 1.54) is 6.20 Å². The Labute approximate surface area is 114 Å². The number of hydrogen-bond donors (Lipinski definition) is 1. The highest BCUT2D eigenvalue weighted by Gasteiger charge is 2.12. The Morgan fingerprint density at radius 3 is 2.72 bits per heavy atom.